The molecule has 0 aromatic rings. The average molecular weight is 291 g/mol. The van der Waals surface area contributed by atoms with Crippen molar-refractivity contribution in [2.24, 2.45) is 0 Å². The maximum atomic E-state index is 10.9. The van der Waals surface area contributed by atoms with Crippen molar-refractivity contribution in [3.8, 4) is 0 Å². The van der Waals surface area contributed by atoms with Crippen LogP contribution in [0.15, 0.2) is 10.2 Å². The van der Waals surface area contributed by atoms with Gasteiger partial charge in [0.05, 0.1) is 4.92 Å². The minimum atomic E-state index is -0.453. The normalized spacial score (nSPS) is 25.7. The zero-order valence-corrected chi connectivity index (χ0v) is 12.0. The van der Waals surface area contributed by atoms with Crippen LogP contribution in [0.1, 0.15) is 44.9 Å². The smallest absolute Gasteiger partial charge is 0.357 e. The fourth-order valence-electron chi connectivity index (χ4n) is 2.73. The van der Waals surface area contributed by atoms with Gasteiger partial charge in [-0.1, -0.05) is 19.3 Å². The SMILES string of the molecule is O=[N+]([O-])/C(Cl)=C1/SCCCCN1C1CCCCC1. The molecule has 102 valence electrons. The van der Waals surface area contributed by atoms with Gasteiger partial charge in [-0.05, 0) is 43.0 Å². The lowest BCUT2D eigenvalue weighted by Gasteiger charge is -2.35. The van der Waals surface area contributed by atoms with Crippen molar-refractivity contribution in [2.75, 3.05) is 12.3 Å². The van der Waals surface area contributed by atoms with Crippen LogP contribution in [-0.2, 0) is 0 Å². The molecule has 0 aromatic heterocycles. The lowest BCUT2D eigenvalue weighted by atomic mass is 9.94. The van der Waals surface area contributed by atoms with Crippen LogP contribution >= 0.6 is 23.4 Å². The molecule has 0 amide bonds. The van der Waals surface area contributed by atoms with Crippen LogP contribution in [0.2, 0.25) is 0 Å². The summed E-state index contributed by atoms with van der Waals surface area (Å²) in [5.41, 5.74) is 0. The first-order valence-corrected chi connectivity index (χ1v) is 8.00. The lowest BCUT2D eigenvalue weighted by molar-refractivity contribution is -0.413. The van der Waals surface area contributed by atoms with E-state index >= 15 is 0 Å². The van der Waals surface area contributed by atoms with E-state index < -0.39 is 4.92 Å². The molecular weight excluding hydrogens is 272 g/mol. The fraction of sp³-hybridized carbons (Fsp3) is 0.833. The Morgan fingerprint density at radius 3 is 2.67 bits per heavy atom. The van der Waals surface area contributed by atoms with Crippen molar-refractivity contribution in [3.05, 3.63) is 20.3 Å². The van der Waals surface area contributed by atoms with E-state index in [1.807, 2.05) is 0 Å². The van der Waals surface area contributed by atoms with Crippen LogP contribution in [0.5, 0.6) is 0 Å². The number of hydrogen-bond donors (Lipinski definition) is 0. The zero-order chi connectivity index (χ0) is 13.0. The number of halogens is 1. The zero-order valence-electron chi connectivity index (χ0n) is 10.4. The van der Waals surface area contributed by atoms with Gasteiger partial charge in [0, 0.05) is 12.6 Å². The third-order valence-corrected chi connectivity index (χ3v) is 5.27. The molecular formula is C12H19ClN2O2S. The van der Waals surface area contributed by atoms with Crippen molar-refractivity contribution in [1.29, 1.82) is 0 Å². The van der Waals surface area contributed by atoms with Gasteiger partial charge >= 0.3 is 5.16 Å². The van der Waals surface area contributed by atoms with E-state index in [1.165, 1.54) is 19.3 Å². The Labute approximate surface area is 117 Å². The van der Waals surface area contributed by atoms with Crippen LogP contribution in [0.3, 0.4) is 0 Å². The summed E-state index contributed by atoms with van der Waals surface area (Å²) >= 11 is 7.45. The Kier molecular flexibility index (Phi) is 5.18. The van der Waals surface area contributed by atoms with Crippen LogP contribution in [0.25, 0.3) is 0 Å². The average Bonchev–Trinajstić information content (AvgIpc) is 2.64. The van der Waals surface area contributed by atoms with Crippen molar-refractivity contribution >= 4 is 23.4 Å². The summed E-state index contributed by atoms with van der Waals surface area (Å²) in [5, 5.41) is 11.4. The minimum Gasteiger partial charge on any atom is -0.357 e. The minimum absolute atomic E-state index is 0.188. The Hall–Kier alpha value is -0.420. The summed E-state index contributed by atoms with van der Waals surface area (Å²) in [5.74, 6) is 0.933. The second kappa shape index (κ2) is 6.66. The molecule has 4 nitrogen and oxygen atoms in total. The summed E-state index contributed by atoms with van der Waals surface area (Å²) in [4.78, 5) is 12.7. The summed E-state index contributed by atoms with van der Waals surface area (Å²) in [7, 11) is 0. The molecule has 0 N–H and O–H groups in total. The first-order chi connectivity index (χ1) is 8.70. The standard InChI is InChI=1S/C12H19ClN2O2S/c13-11(15(16)17)12-14(8-4-5-9-18-12)10-6-2-1-3-7-10/h10H,1-9H2/b12-11+. The summed E-state index contributed by atoms with van der Waals surface area (Å²) in [6.07, 6.45) is 8.26. The predicted octanol–water partition coefficient (Wildman–Crippen LogP) is 3.79. The molecule has 2 rings (SSSR count). The number of thioether (sulfide) groups is 1. The quantitative estimate of drug-likeness (QED) is 0.441. The molecule has 0 spiro atoms. The Bertz CT molecular complexity index is 343. The van der Waals surface area contributed by atoms with Gasteiger partial charge in [0.2, 0.25) is 0 Å². The molecule has 1 heterocycles. The Morgan fingerprint density at radius 2 is 2.00 bits per heavy atom. The molecule has 0 bridgehead atoms. The van der Waals surface area contributed by atoms with Crippen LogP contribution in [0, 0.1) is 10.1 Å². The van der Waals surface area contributed by atoms with Crippen molar-refractivity contribution in [3.63, 3.8) is 0 Å². The molecule has 1 saturated carbocycles. The highest BCUT2D eigenvalue weighted by molar-refractivity contribution is 8.03. The van der Waals surface area contributed by atoms with E-state index in [1.54, 1.807) is 11.8 Å². The van der Waals surface area contributed by atoms with Gasteiger partial charge in [-0.3, -0.25) is 10.1 Å². The van der Waals surface area contributed by atoms with E-state index in [0.29, 0.717) is 11.1 Å². The topological polar surface area (TPSA) is 46.4 Å². The number of rotatable bonds is 2. The van der Waals surface area contributed by atoms with Gasteiger partial charge in [0.1, 0.15) is 0 Å². The summed E-state index contributed by atoms with van der Waals surface area (Å²) < 4.78 is 0. The van der Waals surface area contributed by atoms with Crippen molar-refractivity contribution < 1.29 is 4.92 Å². The van der Waals surface area contributed by atoms with E-state index in [9.17, 15) is 10.1 Å². The molecule has 2 fully saturated rings. The number of hydrogen-bond acceptors (Lipinski definition) is 4. The largest absolute Gasteiger partial charge is 0.367 e. The van der Waals surface area contributed by atoms with Gasteiger partial charge < -0.3 is 4.90 Å². The van der Waals surface area contributed by atoms with E-state index in [4.69, 9.17) is 11.6 Å². The molecule has 0 radical (unpaired) electrons. The first-order valence-electron chi connectivity index (χ1n) is 6.64. The third-order valence-electron chi connectivity index (χ3n) is 3.65. The molecule has 2 aliphatic rings. The van der Waals surface area contributed by atoms with Gasteiger partial charge in [-0.25, -0.2) is 0 Å². The highest BCUT2D eigenvalue weighted by atomic mass is 35.5. The van der Waals surface area contributed by atoms with Crippen LogP contribution in [0.4, 0.5) is 0 Å². The second-order valence-electron chi connectivity index (χ2n) is 4.89. The Balaban J connectivity index is 2.21. The fourth-order valence-corrected chi connectivity index (χ4v) is 4.15. The van der Waals surface area contributed by atoms with Gasteiger partial charge in [-0.2, -0.15) is 0 Å². The van der Waals surface area contributed by atoms with E-state index in [-0.39, 0.29) is 5.16 Å². The second-order valence-corrected chi connectivity index (χ2v) is 6.34. The number of nitrogens with zero attached hydrogens (tertiary/aromatic N) is 2. The van der Waals surface area contributed by atoms with Gasteiger partial charge in [0.15, 0.2) is 5.03 Å². The molecule has 1 aliphatic heterocycles. The molecule has 6 heteroatoms. The molecule has 18 heavy (non-hydrogen) atoms. The maximum Gasteiger partial charge on any atom is 0.367 e. The number of nitro groups is 1. The Morgan fingerprint density at radius 1 is 1.28 bits per heavy atom. The lowest BCUT2D eigenvalue weighted by Crippen LogP contribution is -2.36. The van der Waals surface area contributed by atoms with Crippen LogP contribution < -0.4 is 0 Å². The van der Waals surface area contributed by atoms with Gasteiger partial charge in [0.25, 0.3) is 0 Å². The molecule has 0 unspecified atom stereocenters. The summed E-state index contributed by atoms with van der Waals surface area (Å²) in [6, 6.07) is 0.452. The van der Waals surface area contributed by atoms with E-state index in [2.05, 4.69) is 4.90 Å². The highest BCUT2D eigenvalue weighted by Crippen LogP contribution is 2.35. The van der Waals surface area contributed by atoms with Crippen molar-refractivity contribution in [1.82, 2.24) is 4.90 Å². The highest BCUT2D eigenvalue weighted by Gasteiger charge is 2.30. The van der Waals surface area contributed by atoms with E-state index in [0.717, 1.165) is 38.0 Å². The third kappa shape index (κ3) is 3.32. The van der Waals surface area contributed by atoms with Gasteiger partial charge in [-0.15, -0.1) is 11.8 Å². The van der Waals surface area contributed by atoms with Crippen LogP contribution in [-0.4, -0.2) is 28.2 Å². The molecule has 1 aliphatic carbocycles. The molecule has 1 saturated heterocycles. The van der Waals surface area contributed by atoms with Crippen molar-refractivity contribution in [2.45, 2.75) is 51.0 Å². The summed E-state index contributed by atoms with van der Waals surface area (Å²) in [6.45, 7) is 0.914. The predicted molar refractivity (Wildman–Crippen MR) is 75.1 cm³/mol. The molecule has 0 atom stereocenters. The maximum absolute atomic E-state index is 10.9. The monoisotopic (exact) mass is 290 g/mol. The molecule has 0 aromatic carbocycles. The first kappa shape index (κ1) is 14.0.